The average Bonchev–Trinajstić information content (AvgIpc) is 2.36. The highest BCUT2D eigenvalue weighted by atomic mass is 32.2. The van der Waals surface area contributed by atoms with E-state index in [0.29, 0.717) is 13.0 Å². The Bertz CT molecular complexity index is 436. The number of thioether (sulfide) groups is 1. The largest absolute Gasteiger partial charge is 0.399 e. The van der Waals surface area contributed by atoms with E-state index < -0.39 is 0 Å². The third-order valence-electron chi connectivity index (χ3n) is 2.93. The van der Waals surface area contributed by atoms with Crippen LogP contribution in [0.15, 0.2) is 23.1 Å². The molecule has 1 aromatic rings. The fourth-order valence-electron chi connectivity index (χ4n) is 2.04. The van der Waals surface area contributed by atoms with Crippen LogP contribution < -0.4 is 16.0 Å². The number of anilines is 2. The molecule has 1 aliphatic heterocycles. The van der Waals surface area contributed by atoms with Gasteiger partial charge in [-0.1, -0.05) is 0 Å². The smallest absolute Gasteiger partial charge is 0.221 e. The van der Waals surface area contributed by atoms with Crippen molar-refractivity contribution in [2.75, 3.05) is 36.0 Å². The van der Waals surface area contributed by atoms with E-state index in [0.717, 1.165) is 30.2 Å². The van der Waals surface area contributed by atoms with Crippen molar-refractivity contribution < 1.29 is 4.79 Å². The van der Waals surface area contributed by atoms with Gasteiger partial charge in [0.15, 0.2) is 0 Å². The van der Waals surface area contributed by atoms with Gasteiger partial charge in [0.25, 0.3) is 0 Å². The third-order valence-corrected chi connectivity index (χ3v) is 3.97. The Morgan fingerprint density at radius 2 is 2.39 bits per heavy atom. The maximum Gasteiger partial charge on any atom is 0.221 e. The molecule has 0 aliphatic carbocycles. The van der Waals surface area contributed by atoms with Crippen LogP contribution in [0.4, 0.5) is 11.4 Å². The SMILES string of the molecule is CCNC(=O)CCN1CCSc2ccc(N)cc21. The first-order valence-corrected chi connectivity index (χ1v) is 7.23. The number of fused-ring (bicyclic) bond motifs is 1. The molecule has 1 aliphatic rings. The van der Waals surface area contributed by atoms with Crippen molar-refractivity contribution in [3.05, 3.63) is 18.2 Å². The molecule has 4 nitrogen and oxygen atoms in total. The van der Waals surface area contributed by atoms with Gasteiger partial charge >= 0.3 is 0 Å². The number of benzene rings is 1. The predicted octanol–water partition coefficient (Wildman–Crippen LogP) is 1.71. The molecule has 0 saturated heterocycles. The molecule has 0 aromatic heterocycles. The van der Waals surface area contributed by atoms with Gasteiger partial charge in [-0.15, -0.1) is 11.8 Å². The Kier molecular flexibility index (Phi) is 4.36. The summed E-state index contributed by atoms with van der Waals surface area (Å²) in [6.07, 6.45) is 0.534. The number of nitrogen functional groups attached to an aromatic ring is 1. The summed E-state index contributed by atoms with van der Waals surface area (Å²) >= 11 is 1.85. The van der Waals surface area contributed by atoms with Gasteiger partial charge in [-0.25, -0.2) is 0 Å². The summed E-state index contributed by atoms with van der Waals surface area (Å²) in [5.74, 6) is 1.17. The highest BCUT2D eigenvalue weighted by Gasteiger charge is 2.17. The molecule has 3 N–H and O–H groups in total. The second-order valence-corrected chi connectivity index (χ2v) is 5.40. The van der Waals surface area contributed by atoms with Crippen LogP contribution in [0.25, 0.3) is 0 Å². The number of nitrogens with one attached hydrogen (secondary N) is 1. The molecule has 1 aromatic carbocycles. The van der Waals surface area contributed by atoms with E-state index in [1.165, 1.54) is 4.90 Å². The minimum Gasteiger partial charge on any atom is -0.399 e. The maximum absolute atomic E-state index is 11.5. The van der Waals surface area contributed by atoms with E-state index in [4.69, 9.17) is 5.73 Å². The van der Waals surface area contributed by atoms with E-state index in [1.807, 2.05) is 30.8 Å². The molecular weight excluding hydrogens is 246 g/mol. The fourth-order valence-corrected chi connectivity index (χ4v) is 3.08. The lowest BCUT2D eigenvalue weighted by Crippen LogP contribution is -2.34. The summed E-state index contributed by atoms with van der Waals surface area (Å²) in [6.45, 7) is 4.35. The summed E-state index contributed by atoms with van der Waals surface area (Å²) in [6, 6.07) is 5.99. The van der Waals surface area contributed by atoms with E-state index in [9.17, 15) is 4.79 Å². The predicted molar refractivity (Wildman–Crippen MR) is 77.1 cm³/mol. The van der Waals surface area contributed by atoms with Crippen molar-refractivity contribution in [1.82, 2.24) is 5.32 Å². The Morgan fingerprint density at radius 1 is 1.56 bits per heavy atom. The van der Waals surface area contributed by atoms with Gasteiger partial charge in [-0.05, 0) is 25.1 Å². The normalized spacial score (nSPS) is 14.2. The van der Waals surface area contributed by atoms with Gasteiger partial charge in [-0.2, -0.15) is 0 Å². The molecule has 98 valence electrons. The number of rotatable bonds is 4. The Balaban J connectivity index is 2.03. The van der Waals surface area contributed by atoms with Gasteiger partial charge in [-0.3, -0.25) is 4.79 Å². The number of nitrogens with zero attached hydrogens (tertiary/aromatic N) is 1. The fraction of sp³-hybridized carbons (Fsp3) is 0.462. The molecule has 0 saturated carbocycles. The zero-order valence-electron chi connectivity index (χ0n) is 10.6. The molecule has 0 bridgehead atoms. The van der Waals surface area contributed by atoms with Crippen molar-refractivity contribution in [3.63, 3.8) is 0 Å². The summed E-state index contributed by atoms with van der Waals surface area (Å²) in [7, 11) is 0. The minimum absolute atomic E-state index is 0.112. The number of amides is 1. The lowest BCUT2D eigenvalue weighted by molar-refractivity contribution is -0.120. The zero-order chi connectivity index (χ0) is 13.0. The van der Waals surface area contributed by atoms with Gasteiger partial charge < -0.3 is 16.0 Å². The molecule has 0 fully saturated rings. The Hall–Kier alpha value is -1.36. The summed E-state index contributed by atoms with van der Waals surface area (Å²) in [4.78, 5) is 15.0. The third kappa shape index (κ3) is 3.10. The van der Waals surface area contributed by atoms with Crippen LogP contribution in [0.2, 0.25) is 0 Å². The molecule has 1 amide bonds. The molecule has 0 radical (unpaired) electrons. The quantitative estimate of drug-likeness (QED) is 0.814. The average molecular weight is 265 g/mol. The van der Waals surface area contributed by atoms with Crippen molar-refractivity contribution in [2.24, 2.45) is 0 Å². The van der Waals surface area contributed by atoms with Gasteiger partial charge in [0, 0.05) is 42.4 Å². The van der Waals surface area contributed by atoms with E-state index >= 15 is 0 Å². The second kappa shape index (κ2) is 6.00. The van der Waals surface area contributed by atoms with Crippen LogP contribution in [0.5, 0.6) is 0 Å². The molecular formula is C13H19N3OS. The van der Waals surface area contributed by atoms with Crippen molar-refractivity contribution in [3.8, 4) is 0 Å². The minimum atomic E-state index is 0.112. The standard InChI is InChI=1S/C13H19N3OS/c1-2-15-13(17)5-6-16-7-8-18-12-4-3-10(14)9-11(12)16/h3-4,9H,2,5-8,14H2,1H3,(H,15,17). The van der Waals surface area contributed by atoms with Crippen molar-refractivity contribution in [1.29, 1.82) is 0 Å². The number of nitrogens with two attached hydrogens (primary N) is 1. The molecule has 0 unspecified atom stereocenters. The van der Waals surface area contributed by atoms with Crippen LogP contribution in [-0.4, -0.2) is 31.3 Å². The van der Waals surface area contributed by atoms with Gasteiger partial charge in [0.05, 0.1) is 5.69 Å². The van der Waals surface area contributed by atoms with Gasteiger partial charge in [0.2, 0.25) is 5.91 Å². The number of carbonyl (C=O) groups excluding carboxylic acids is 1. The molecule has 0 atom stereocenters. The molecule has 0 spiro atoms. The number of carbonyl (C=O) groups is 1. The Morgan fingerprint density at radius 3 is 3.17 bits per heavy atom. The highest BCUT2D eigenvalue weighted by Crippen LogP contribution is 2.35. The number of hydrogen-bond acceptors (Lipinski definition) is 4. The lowest BCUT2D eigenvalue weighted by atomic mass is 10.2. The molecule has 18 heavy (non-hydrogen) atoms. The number of hydrogen-bond donors (Lipinski definition) is 2. The van der Waals surface area contributed by atoms with Gasteiger partial charge in [0.1, 0.15) is 0 Å². The first kappa shape index (κ1) is 13.1. The van der Waals surface area contributed by atoms with E-state index in [2.05, 4.69) is 16.3 Å². The van der Waals surface area contributed by atoms with E-state index in [1.54, 1.807) is 0 Å². The molecule has 2 rings (SSSR count). The van der Waals surface area contributed by atoms with Crippen LogP contribution in [0.1, 0.15) is 13.3 Å². The van der Waals surface area contributed by atoms with Crippen LogP contribution in [-0.2, 0) is 4.79 Å². The molecule has 5 heteroatoms. The lowest BCUT2D eigenvalue weighted by Gasteiger charge is -2.30. The van der Waals surface area contributed by atoms with Crippen molar-refractivity contribution in [2.45, 2.75) is 18.2 Å². The highest BCUT2D eigenvalue weighted by molar-refractivity contribution is 7.99. The second-order valence-electron chi connectivity index (χ2n) is 4.27. The van der Waals surface area contributed by atoms with Crippen LogP contribution in [0, 0.1) is 0 Å². The monoisotopic (exact) mass is 265 g/mol. The zero-order valence-corrected chi connectivity index (χ0v) is 11.4. The summed E-state index contributed by atoms with van der Waals surface area (Å²) in [5, 5.41) is 2.82. The van der Waals surface area contributed by atoms with Crippen LogP contribution >= 0.6 is 11.8 Å². The molecule has 1 heterocycles. The Labute approximate surface area is 112 Å². The first-order chi connectivity index (χ1) is 8.70. The van der Waals surface area contributed by atoms with Crippen LogP contribution in [0.3, 0.4) is 0 Å². The summed E-state index contributed by atoms with van der Waals surface area (Å²) < 4.78 is 0. The topological polar surface area (TPSA) is 58.4 Å². The van der Waals surface area contributed by atoms with Crippen molar-refractivity contribution >= 4 is 29.0 Å². The first-order valence-electron chi connectivity index (χ1n) is 6.24. The summed E-state index contributed by atoms with van der Waals surface area (Å²) in [5.41, 5.74) is 7.77. The maximum atomic E-state index is 11.5. The van der Waals surface area contributed by atoms with E-state index in [-0.39, 0.29) is 5.91 Å².